The number of alkyl halides is 1. The molecular formula is C12H13BrS. The number of benzene rings is 1. The molecule has 0 unspecified atom stereocenters. The number of thiophene rings is 1. The fraction of sp³-hybridized carbons (Fsp3) is 0.333. The van der Waals surface area contributed by atoms with Crippen LogP contribution in [0.4, 0.5) is 0 Å². The van der Waals surface area contributed by atoms with Gasteiger partial charge in [-0.1, -0.05) is 28.9 Å². The van der Waals surface area contributed by atoms with Gasteiger partial charge in [-0.15, -0.1) is 11.3 Å². The molecule has 0 spiro atoms. The Morgan fingerprint density at radius 2 is 2.14 bits per heavy atom. The number of aryl methyl sites for hydroxylation is 2. The first-order valence-corrected chi connectivity index (χ1v) is 6.82. The summed E-state index contributed by atoms with van der Waals surface area (Å²) in [5.74, 6) is 0. The highest BCUT2D eigenvalue weighted by atomic mass is 79.9. The minimum atomic E-state index is 0.956. The van der Waals surface area contributed by atoms with Crippen LogP contribution in [-0.2, 0) is 11.8 Å². The lowest BCUT2D eigenvalue weighted by atomic mass is 10.00. The van der Waals surface area contributed by atoms with Gasteiger partial charge in [-0.05, 0) is 46.9 Å². The van der Waals surface area contributed by atoms with E-state index in [1.807, 2.05) is 11.3 Å². The first kappa shape index (κ1) is 10.2. The van der Waals surface area contributed by atoms with Gasteiger partial charge in [-0.2, -0.15) is 0 Å². The molecule has 0 fully saturated rings. The Labute approximate surface area is 97.1 Å². The molecule has 1 heterocycles. The molecule has 0 nitrogen and oxygen atoms in total. The first-order chi connectivity index (χ1) is 6.77. The first-order valence-electron chi connectivity index (χ1n) is 4.82. The number of hydrogen-bond donors (Lipinski definition) is 0. The maximum atomic E-state index is 3.56. The second kappa shape index (κ2) is 4.03. The lowest BCUT2D eigenvalue weighted by molar-refractivity contribution is 1.11. The van der Waals surface area contributed by atoms with E-state index in [0.29, 0.717) is 0 Å². The van der Waals surface area contributed by atoms with Gasteiger partial charge in [0.05, 0.1) is 0 Å². The van der Waals surface area contributed by atoms with Crippen LogP contribution in [0.3, 0.4) is 0 Å². The number of halogens is 1. The van der Waals surface area contributed by atoms with Gasteiger partial charge < -0.3 is 0 Å². The van der Waals surface area contributed by atoms with Crippen molar-refractivity contribution in [1.29, 1.82) is 0 Å². The average Bonchev–Trinajstić information content (AvgIpc) is 2.68. The van der Waals surface area contributed by atoms with Crippen LogP contribution in [0, 0.1) is 6.92 Å². The van der Waals surface area contributed by atoms with E-state index in [4.69, 9.17) is 0 Å². The molecule has 1 aromatic heterocycles. The summed E-state index contributed by atoms with van der Waals surface area (Å²) in [6.07, 6.45) is 1.12. The van der Waals surface area contributed by atoms with Crippen molar-refractivity contribution in [3.63, 3.8) is 0 Å². The summed E-state index contributed by atoms with van der Waals surface area (Å²) in [6.45, 7) is 4.45. The minimum absolute atomic E-state index is 0.956. The molecule has 2 aromatic rings. The third-order valence-electron chi connectivity index (χ3n) is 2.72. The molecule has 0 radical (unpaired) electrons. The van der Waals surface area contributed by atoms with Crippen molar-refractivity contribution in [2.75, 3.05) is 0 Å². The monoisotopic (exact) mass is 268 g/mol. The van der Waals surface area contributed by atoms with Gasteiger partial charge in [-0.3, -0.25) is 0 Å². The van der Waals surface area contributed by atoms with Crippen molar-refractivity contribution in [3.05, 3.63) is 34.2 Å². The zero-order valence-corrected chi connectivity index (χ0v) is 10.8. The van der Waals surface area contributed by atoms with Gasteiger partial charge in [0.2, 0.25) is 0 Å². The molecule has 0 N–H and O–H groups in total. The summed E-state index contributed by atoms with van der Waals surface area (Å²) < 4.78 is 1.44. The fourth-order valence-corrected chi connectivity index (χ4v) is 3.48. The highest BCUT2D eigenvalue weighted by Crippen LogP contribution is 2.31. The summed E-state index contributed by atoms with van der Waals surface area (Å²) in [5.41, 5.74) is 4.36. The van der Waals surface area contributed by atoms with Gasteiger partial charge in [0.15, 0.2) is 0 Å². The number of rotatable bonds is 2. The summed E-state index contributed by atoms with van der Waals surface area (Å²) in [7, 11) is 0. The maximum absolute atomic E-state index is 3.56. The van der Waals surface area contributed by atoms with Crippen LogP contribution >= 0.6 is 27.3 Å². The number of hydrogen-bond acceptors (Lipinski definition) is 1. The molecule has 0 aliphatic rings. The van der Waals surface area contributed by atoms with E-state index in [1.165, 1.54) is 26.8 Å². The predicted octanol–water partition coefficient (Wildman–Crippen LogP) is 4.67. The molecular weight excluding hydrogens is 256 g/mol. The molecule has 2 rings (SSSR count). The van der Waals surface area contributed by atoms with Crippen LogP contribution in [0.2, 0.25) is 0 Å². The Bertz CT molecular complexity index is 457. The van der Waals surface area contributed by atoms with Gasteiger partial charge in [0.1, 0.15) is 0 Å². The highest BCUT2D eigenvalue weighted by Gasteiger charge is 2.07. The van der Waals surface area contributed by atoms with Crippen molar-refractivity contribution in [1.82, 2.24) is 0 Å². The van der Waals surface area contributed by atoms with Crippen LogP contribution in [-0.4, -0.2) is 0 Å². The molecule has 0 saturated carbocycles. The highest BCUT2D eigenvalue weighted by molar-refractivity contribution is 9.08. The zero-order chi connectivity index (χ0) is 10.1. The Hall–Kier alpha value is -0.340. The topological polar surface area (TPSA) is 0 Å². The van der Waals surface area contributed by atoms with Crippen LogP contribution in [0.15, 0.2) is 17.5 Å². The molecule has 0 aliphatic carbocycles. The minimum Gasteiger partial charge on any atom is -0.143 e. The normalized spacial score (nSPS) is 11.1. The Morgan fingerprint density at radius 3 is 2.79 bits per heavy atom. The quantitative estimate of drug-likeness (QED) is 0.695. The standard InChI is InChI=1S/C12H13BrS/c1-3-9-6-10(7-13)12-11(8(9)2)4-5-14-12/h4-6H,3,7H2,1-2H3. The molecule has 14 heavy (non-hydrogen) atoms. The van der Waals surface area contributed by atoms with Crippen molar-refractivity contribution < 1.29 is 0 Å². The van der Waals surface area contributed by atoms with Crippen LogP contribution in [0.5, 0.6) is 0 Å². The third kappa shape index (κ3) is 1.51. The Kier molecular flexibility index (Phi) is 2.93. The molecule has 0 atom stereocenters. The molecule has 74 valence electrons. The van der Waals surface area contributed by atoms with E-state index in [9.17, 15) is 0 Å². The second-order valence-electron chi connectivity index (χ2n) is 3.47. The Balaban J connectivity index is 2.80. The van der Waals surface area contributed by atoms with E-state index in [-0.39, 0.29) is 0 Å². The number of fused-ring (bicyclic) bond motifs is 1. The van der Waals surface area contributed by atoms with Crippen molar-refractivity contribution in [2.24, 2.45) is 0 Å². The zero-order valence-electron chi connectivity index (χ0n) is 8.43. The third-order valence-corrected chi connectivity index (χ3v) is 4.31. The van der Waals surface area contributed by atoms with E-state index in [0.717, 1.165) is 11.8 Å². The average molecular weight is 269 g/mol. The maximum Gasteiger partial charge on any atom is 0.0386 e. The molecule has 0 amide bonds. The van der Waals surface area contributed by atoms with Gasteiger partial charge in [0.25, 0.3) is 0 Å². The van der Waals surface area contributed by atoms with E-state index in [2.05, 4.69) is 47.3 Å². The lowest BCUT2D eigenvalue weighted by Gasteiger charge is -2.08. The van der Waals surface area contributed by atoms with Crippen LogP contribution < -0.4 is 0 Å². The molecule has 0 saturated heterocycles. The van der Waals surface area contributed by atoms with Crippen molar-refractivity contribution >= 4 is 37.4 Å². The SMILES string of the molecule is CCc1cc(CBr)c2sccc2c1C. The summed E-state index contributed by atoms with van der Waals surface area (Å²) in [4.78, 5) is 0. The lowest BCUT2D eigenvalue weighted by Crippen LogP contribution is -1.90. The molecule has 2 heteroatoms. The molecule has 0 aliphatic heterocycles. The van der Waals surface area contributed by atoms with E-state index < -0.39 is 0 Å². The largest absolute Gasteiger partial charge is 0.143 e. The fourth-order valence-electron chi connectivity index (χ4n) is 1.88. The van der Waals surface area contributed by atoms with Crippen LogP contribution in [0.25, 0.3) is 10.1 Å². The van der Waals surface area contributed by atoms with Gasteiger partial charge >= 0.3 is 0 Å². The van der Waals surface area contributed by atoms with Gasteiger partial charge in [0, 0.05) is 10.0 Å². The predicted molar refractivity (Wildman–Crippen MR) is 68.6 cm³/mol. The summed E-state index contributed by atoms with van der Waals surface area (Å²) in [5, 5.41) is 4.57. The summed E-state index contributed by atoms with van der Waals surface area (Å²) in [6, 6.07) is 4.57. The summed E-state index contributed by atoms with van der Waals surface area (Å²) >= 11 is 5.40. The molecule has 1 aromatic carbocycles. The van der Waals surface area contributed by atoms with Crippen LogP contribution in [0.1, 0.15) is 23.6 Å². The molecule has 0 bridgehead atoms. The van der Waals surface area contributed by atoms with Crippen molar-refractivity contribution in [2.45, 2.75) is 25.6 Å². The van der Waals surface area contributed by atoms with E-state index >= 15 is 0 Å². The van der Waals surface area contributed by atoms with E-state index in [1.54, 1.807) is 0 Å². The second-order valence-corrected chi connectivity index (χ2v) is 4.95. The van der Waals surface area contributed by atoms with Gasteiger partial charge in [-0.25, -0.2) is 0 Å². The Morgan fingerprint density at radius 1 is 1.36 bits per heavy atom. The smallest absolute Gasteiger partial charge is 0.0386 e. The van der Waals surface area contributed by atoms with Crippen molar-refractivity contribution in [3.8, 4) is 0 Å².